The van der Waals surface area contributed by atoms with Crippen molar-refractivity contribution >= 4 is 0 Å². The van der Waals surface area contributed by atoms with E-state index in [0.717, 1.165) is 6.42 Å². The Balaban J connectivity index is 1.70. The van der Waals surface area contributed by atoms with Gasteiger partial charge in [0.05, 0.1) is 6.10 Å². The Hall–Kier alpha value is -0.820. The second-order valence-electron chi connectivity index (χ2n) is 5.66. The van der Waals surface area contributed by atoms with E-state index in [1.807, 2.05) is 6.07 Å². The van der Waals surface area contributed by atoms with Gasteiger partial charge < -0.3 is 5.11 Å². The number of aliphatic hydroxyl groups excluding tert-OH is 1. The third-order valence-electron chi connectivity index (χ3n) is 4.23. The normalized spacial score (nSPS) is 22.1. The van der Waals surface area contributed by atoms with Crippen LogP contribution in [0.15, 0.2) is 24.3 Å². The summed E-state index contributed by atoms with van der Waals surface area (Å²) in [5, 5.41) is 10.3. The molecule has 1 N–H and O–H groups in total. The summed E-state index contributed by atoms with van der Waals surface area (Å²) in [5.41, 5.74) is 2.54. The van der Waals surface area contributed by atoms with Crippen molar-refractivity contribution in [1.29, 1.82) is 0 Å². The second kappa shape index (κ2) is 6.94. The SMILES string of the molecule is CCCCCCCCC1Cc2ccccc2C1O. The topological polar surface area (TPSA) is 20.2 Å². The molecule has 0 saturated heterocycles. The molecule has 0 saturated carbocycles. The summed E-state index contributed by atoms with van der Waals surface area (Å²) in [4.78, 5) is 0. The van der Waals surface area contributed by atoms with Crippen LogP contribution in [0.1, 0.15) is 69.1 Å². The lowest BCUT2D eigenvalue weighted by Gasteiger charge is -2.14. The molecule has 1 aliphatic carbocycles. The Bertz CT molecular complexity index is 358. The van der Waals surface area contributed by atoms with Crippen molar-refractivity contribution in [3.63, 3.8) is 0 Å². The molecule has 1 aromatic carbocycles. The van der Waals surface area contributed by atoms with Crippen molar-refractivity contribution in [2.45, 2.75) is 64.4 Å². The molecule has 100 valence electrons. The van der Waals surface area contributed by atoms with E-state index in [-0.39, 0.29) is 6.10 Å². The zero-order valence-electron chi connectivity index (χ0n) is 11.6. The highest BCUT2D eigenvalue weighted by atomic mass is 16.3. The smallest absolute Gasteiger partial charge is 0.0824 e. The molecule has 0 spiro atoms. The number of hydrogen-bond donors (Lipinski definition) is 1. The minimum Gasteiger partial charge on any atom is -0.388 e. The lowest BCUT2D eigenvalue weighted by Crippen LogP contribution is -2.06. The molecule has 1 nitrogen and oxygen atoms in total. The third-order valence-corrected chi connectivity index (χ3v) is 4.23. The summed E-state index contributed by atoms with van der Waals surface area (Å²) in [7, 11) is 0. The predicted octanol–water partition coefficient (Wildman–Crippen LogP) is 4.64. The van der Waals surface area contributed by atoms with E-state index in [1.54, 1.807) is 0 Å². The zero-order chi connectivity index (χ0) is 12.8. The molecule has 0 amide bonds. The van der Waals surface area contributed by atoms with Gasteiger partial charge in [-0.25, -0.2) is 0 Å². The molecule has 1 heteroatoms. The average Bonchev–Trinajstić information content (AvgIpc) is 2.71. The molecule has 2 rings (SSSR count). The molecule has 0 fully saturated rings. The fraction of sp³-hybridized carbons (Fsp3) is 0.647. The monoisotopic (exact) mass is 246 g/mol. The predicted molar refractivity (Wildman–Crippen MR) is 76.6 cm³/mol. The number of fused-ring (bicyclic) bond motifs is 1. The van der Waals surface area contributed by atoms with E-state index in [0.29, 0.717) is 5.92 Å². The maximum Gasteiger partial charge on any atom is 0.0824 e. The Morgan fingerprint density at radius 3 is 2.56 bits per heavy atom. The highest BCUT2D eigenvalue weighted by Gasteiger charge is 2.29. The number of hydrogen-bond acceptors (Lipinski definition) is 1. The Morgan fingerprint density at radius 2 is 1.78 bits per heavy atom. The summed E-state index contributed by atoms with van der Waals surface area (Å²) in [6.07, 6.45) is 10.1. The van der Waals surface area contributed by atoms with Gasteiger partial charge in [0.1, 0.15) is 0 Å². The summed E-state index contributed by atoms with van der Waals surface area (Å²) in [6, 6.07) is 8.37. The largest absolute Gasteiger partial charge is 0.388 e. The van der Waals surface area contributed by atoms with Crippen LogP contribution in [0.3, 0.4) is 0 Å². The fourth-order valence-electron chi connectivity index (χ4n) is 3.10. The minimum absolute atomic E-state index is 0.211. The first-order chi connectivity index (χ1) is 8.83. The molecular weight excluding hydrogens is 220 g/mol. The van der Waals surface area contributed by atoms with E-state index in [1.165, 1.54) is 56.1 Å². The van der Waals surface area contributed by atoms with Crippen LogP contribution < -0.4 is 0 Å². The third kappa shape index (κ3) is 3.35. The first-order valence-electron chi connectivity index (χ1n) is 7.58. The molecule has 0 heterocycles. The molecule has 18 heavy (non-hydrogen) atoms. The molecule has 2 atom stereocenters. The maximum absolute atomic E-state index is 10.3. The van der Waals surface area contributed by atoms with E-state index in [9.17, 15) is 5.11 Å². The van der Waals surface area contributed by atoms with Crippen LogP contribution >= 0.6 is 0 Å². The Labute approximate surface area is 111 Å². The molecule has 0 aliphatic heterocycles. The number of unbranched alkanes of at least 4 members (excludes halogenated alkanes) is 5. The van der Waals surface area contributed by atoms with Crippen LogP contribution in [0, 0.1) is 5.92 Å². The number of aliphatic hydroxyl groups is 1. The zero-order valence-corrected chi connectivity index (χ0v) is 11.6. The average molecular weight is 246 g/mol. The summed E-state index contributed by atoms with van der Waals surface area (Å²) >= 11 is 0. The van der Waals surface area contributed by atoms with Gasteiger partial charge in [-0.15, -0.1) is 0 Å². The lowest BCUT2D eigenvalue weighted by molar-refractivity contribution is 0.116. The van der Waals surface area contributed by atoms with Gasteiger partial charge in [-0.1, -0.05) is 69.7 Å². The van der Waals surface area contributed by atoms with Gasteiger partial charge in [-0.05, 0) is 29.9 Å². The first-order valence-corrected chi connectivity index (χ1v) is 7.58. The molecule has 0 radical (unpaired) electrons. The van der Waals surface area contributed by atoms with E-state index in [4.69, 9.17) is 0 Å². The summed E-state index contributed by atoms with van der Waals surface area (Å²) in [6.45, 7) is 2.26. The van der Waals surface area contributed by atoms with Crippen LogP contribution in [0.4, 0.5) is 0 Å². The van der Waals surface area contributed by atoms with Crippen molar-refractivity contribution < 1.29 is 5.11 Å². The number of benzene rings is 1. The van der Waals surface area contributed by atoms with Gasteiger partial charge in [0, 0.05) is 0 Å². The maximum atomic E-state index is 10.3. The van der Waals surface area contributed by atoms with Gasteiger partial charge in [0.25, 0.3) is 0 Å². The van der Waals surface area contributed by atoms with Crippen LogP contribution in [0.25, 0.3) is 0 Å². The van der Waals surface area contributed by atoms with Crippen molar-refractivity contribution in [3.05, 3.63) is 35.4 Å². The van der Waals surface area contributed by atoms with Gasteiger partial charge in [0.15, 0.2) is 0 Å². The van der Waals surface area contributed by atoms with Gasteiger partial charge in [-0.3, -0.25) is 0 Å². The fourth-order valence-corrected chi connectivity index (χ4v) is 3.10. The van der Waals surface area contributed by atoms with Gasteiger partial charge in [-0.2, -0.15) is 0 Å². The number of rotatable bonds is 7. The second-order valence-corrected chi connectivity index (χ2v) is 5.66. The van der Waals surface area contributed by atoms with Crippen LogP contribution in [0.2, 0.25) is 0 Å². The van der Waals surface area contributed by atoms with Crippen LogP contribution in [-0.4, -0.2) is 5.11 Å². The quantitative estimate of drug-likeness (QED) is 0.695. The summed E-state index contributed by atoms with van der Waals surface area (Å²) in [5.74, 6) is 0.466. The highest BCUT2D eigenvalue weighted by molar-refractivity contribution is 5.34. The van der Waals surface area contributed by atoms with Crippen LogP contribution in [0.5, 0.6) is 0 Å². The van der Waals surface area contributed by atoms with Gasteiger partial charge in [0.2, 0.25) is 0 Å². The Kier molecular flexibility index (Phi) is 5.25. The first kappa shape index (κ1) is 13.6. The van der Waals surface area contributed by atoms with Crippen molar-refractivity contribution in [3.8, 4) is 0 Å². The Morgan fingerprint density at radius 1 is 1.06 bits per heavy atom. The van der Waals surface area contributed by atoms with Gasteiger partial charge >= 0.3 is 0 Å². The van der Waals surface area contributed by atoms with E-state index in [2.05, 4.69) is 25.1 Å². The molecule has 2 unspecified atom stereocenters. The van der Waals surface area contributed by atoms with Crippen molar-refractivity contribution in [2.24, 2.45) is 5.92 Å². The summed E-state index contributed by atoms with van der Waals surface area (Å²) < 4.78 is 0. The van der Waals surface area contributed by atoms with E-state index < -0.39 is 0 Å². The van der Waals surface area contributed by atoms with Crippen LogP contribution in [-0.2, 0) is 6.42 Å². The molecule has 0 aromatic heterocycles. The molecular formula is C17H26O. The molecule has 1 aliphatic rings. The molecule has 1 aromatic rings. The standard InChI is InChI=1S/C17H26O/c1-2-3-4-5-6-7-11-15-13-14-10-8-9-12-16(14)17(15)18/h8-10,12,15,17-18H,2-7,11,13H2,1H3. The highest BCUT2D eigenvalue weighted by Crippen LogP contribution is 2.38. The lowest BCUT2D eigenvalue weighted by atomic mass is 9.95. The minimum atomic E-state index is -0.211. The van der Waals surface area contributed by atoms with E-state index >= 15 is 0 Å². The van der Waals surface area contributed by atoms with Crippen molar-refractivity contribution in [1.82, 2.24) is 0 Å². The molecule has 0 bridgehead atoms. The van der Waals surface area contributed by atoms with Crippen molar-refractivity contribution in [2.75, 3.05) is 0 Å².